The van der Waals surface area contributed by atoms with Gasteiger partial charge in [0.15, 0.2) is 5.58 Å². The average molecular weight is 389 g/mol. The van der Waals surface area contributed by atoms with Crippen molar-refractivity contribution in [1.82, 2.24) is 25.2 Å². The number of imidazole rings is 1. The molecule has 5 rings (SSSR count). The summed E-state index contributed by atoms with van der Waals surface area (Å²) in [7, 11) is 2.11. The Kier molecular flexibility index (Phi) is 4.52. The molecule has 1 amide bonds. The number of carbonyl (C=O) groups excluding carboxylic acids is 1. The van der Waals surface area contributed by atoms with Crippen molar-refractivity contribution in [3.63, 3.8) is 0 Å². The minimum Gasteiger partial charge on any atom is -0.440 e. The largest absolute Gasteiger partial charge is 0.440 e. The van der Waals surface area contributed by atoms with Crippen LogP contribution in [0.3, 0.4) is 0 Å². The Bertz CT molecular complexity index is 1100. The minimum absolute atomic E-state index is 0.0607. The molecule has 2 atom stereocenters. The fourth-order valence-corrected chi connectivity index (χ4v) is 4.08. The molecule has 3 heterocycles. The summed E-state index contributed by atoms with van der Waals surface area (Å²) in [6.45, 7) is 0.898. The summed E-state index contributed by atoms with van der Waals surface area (Å²) < 4.78 is 5.67. The van der Waals surface area contributed by atoms with Gasteiger partial charge in [-0.2, -0.15) is 0 Å². The smallest absolute Gasteiger partial charge is 0.229 e. The van der Waals surface area contributed by atoms with Gasteiger partial charge < -0.3 is 14.7 Å². The monoisotopic (exact) mass is 389 g/mol. The summed E-state index contributed by atoms with van der Waals surface area (Å²) in [5.41, 5.74) is 3.50. The van der Waals surface area contributed by atoms with Crippen molar-refractivity contribution in [2.45, 2.75) is 31.3 Å². The molecule has 0 radical (unpaired) electrons. The van der Waals surface area contributed by atoms with Crippen LogP contribution in [0.5, 0.6) is 0 Å². The normalized spacial score (nSPS) is 20.3. The van der Waals surface area contributed by atoms with Crippen LogP contribution in [0.25, 0.3) is 22.1 Å². The van der Waals surface area contributed by atoms with Crippen LogP contribution in [-0.2, 0) is 11.2 Å². The first-order valence-corrected chi connectivity index (χ1v) is 9.94. The van der Waals surface area contributed by atoms with Gasteiger partial charge in [-0.1, -0.05) is 24.3 Å². The number of H-pyrrole nitrogens is 1. The van der Waals surface area contributed by atoms with Crippen molar-refractivity contribution in [1.29, 1.82) is 0 Å². The fraction of sp³-hybridized carbons (Fsp3) is 0.318. The number of hydrogen-bond donors (Lipinski definition) is 2. The van der Waals surface area contributed by atoms with Crippen LogP contribution in [0.4, 0.5) is 0 Å². The Labute approximate surface area is 168 Å². The van der Waals surface area contributed by atoms with E-state index in [-0.39, 0.29) is 24.4 Å². The van der Waals surface area contributed by atoms with Gasteiger partial charge in [-0.05, 0) is 44.2 Å². The number of likely N-dealkylation sites (tertiary alicyclic amines) is 1. The van der Waals surface area contributed by atoms with E-state index in [0.717, 1.165) is 41.8 Å². The topological polar surface area (TPSA) is 87.1 Å². The van der Waals surface area contributed by atoms with Gasteiger partial charge >= 0.3 is 0 Å². The van der Waals surface area contributed by atoms with Crippen molar-refractivity contribution < 1.29 is 9.21 Å². The van der Waals surface area contributed by atoms with Crippen molar-refractivity contribution in [2.24, 2.45) is 0 Å². The third kappa shape index (κ3) is 3.61. The second kappa shape index (κ2) is 7.33. The van der Waals surface area contributed by atoms with Crippen molar-refractivity contribution in [3.05, 3.63) is 60.2 Å². The summed E-state index contributed by atoms with van der Waals surface area (Å²) in [5, 5.41) is 3.16. The van der Waals surface area contributed by atoms with Gasteiger partial charge in [0.1, 0.15) is 17.8 Å². The predicted octanol–water partition coefficient (Wildman–Crippen LogP) is 3.20. The molecule has 7 heteroatoms. The summed E-state index contributed by atoms with van der Waals surface area (Å²) in [4.78, 5) is 27.5. The quantitative estimate of drug-likeness (QED) is 0.560. The SMILES string of the molecule is CN1CC[C@@H](NC(=O)Cc2nc3ccccc3o2)C[C@@H]1c1nc2ccccc2[nH]1. The van der Waals surface area contributed by atoms with Gasteiger partial charge in [0.2, 0.25) is 11.8 Å². The Morgan fingerprint density at radius 3 is 2.79 bits per heavy atom. The Balaban J connectivity index is 1.26. The van der Waals surface area contributed by atoms with E-state index in [0.29, 0.717) is 11.5 Å². The molecule has 0 unspecified atom stereocenters. The van der Waals surface area contributed by atoms with Crippen LogP contribution in [0.1, 0.15) is 30.6 Å². The van der Waals surface area contributed by atoms with Gasteiger partial charge in [0, 0.05) is 12.6 Å². The van der Waals surface area contributed by atoms with Crippen LogP contribution in [-0.4, -0.2) is 45.4 Å². The molecular formula is C22H23N5O2. The number of nitrogens with zero attached hydrogens (tertiary/aromatic N) is 3. The molecule has 0 spiro atoms. The Morgan fingerprint density at radius 1 is 1.17 bits per heavy atom. The Morgan fingerprint density at radius 2 is 1.97 bits per heavy atom. The highest BCUT2D eigenvalue weighted by Gasteiger charge is 2.30. The predicted molar refractivity (Wildman–Crippen MR) is 110 cm³/mol. The zero-order chi connectivity index (χ0) is 19.8. The zero-order valence-electron chi connectivity index (χ0n) is 16.3. The lowest BCUT2D eigenvalue weighted by atomic mass is 9.97. The van der Waals surface area contributed by atoms with Gasteiger partial charge in [-0.25, -0.2) is 9.97 Å². The summed E-state index contributed by atoms with van der Waals surface area (Å²) in [5.74, 6) is 1.34. The number of piperidine rings is 1. The number of aromatic amines is 1. The molecule has 0 aliphatic carbocycles. The number of amides is 1. The maximum atomic E-state index is 12.6. The first kappa shape index (κ1) is 17.9. The molecule has 7 nitrogen and oxygen atoms in total. The second-order valence-electron chi connectivity index (χ2n) is 7.68. The molecule has 1 saturated heterocycles. The molecule has 29 heavy (non-hydrogen) atoms. The van der Waals surface area contributed by atoms with E-state index in [1.54, 1.807) is 0 Å². The third-order valence-electron chi connectivity index (χ3n) is 5.61. The third-order valence-corrected chi connectivity index (χ3v) is 5.61. The minimum atomic E-state index is -0.0607. The summed E-state index contributed by atoms with van der Waals surface area (Å²) in [6, 6.07) is 15.8. The van der Waals surface area contributed by atoms with Crippen molar-refractivity contribution in [2.75, 3.05) is 13.6 Å². The van der Waals surface area contributed by atoms with Crippen LogP contribution in [0, 0.1) is 0 Å². The van der Waals surface area contributed by atoms with Gasteiger partial charge in [0.25, 0.3) is 0 Å². The van der Waals surface area contributed by atoms with Gasteiger partial charge in [-0.15, -0.1) is 0 Å². The first-order valence-electron chi connectivity index (χ1n) is 9.94. The fourth-order valence-electron chi connectivity index (χ4n) is 4.08. The number of oxazole rings is 1. The van der Waals surface area contributed by atoms with Crippen LogP contribution < -0.4 is 5.32 Å². The number of benzene rings is 2. The standard InChI is InChI=1S/C22H23N5O2/c1-27-11-10-14(12-18(27)22-25-15-6-2-3-7-16(15)26-22)23-20(28)13-21-24-17-8-4-5-9-19(17)29-21/h2-9,14,18H,10-13H2,1H3,(H,23,28)(H,25,26)/t14-,18-/m1/s1. The van der Waals surface area contributed by atoms with Gasteiger partial charge in [0.05, 0.1) is 17.1 Å². The summed E-state index contributed by atoms with van der Waals surface area (Å²) >= 11 is 0. The first-order chi connectivity index (χ1) is 14.2. The highest BCUT2D eigenvalue weighted by Crippen LogP contribution is 2.29. The molecular weight excluding hydrogens is 366 g/mol. The zero-order valence-corrected chi connectivity index (χ0v) is 16.3. The highest BCUT2D eigenvalue weighted by molar-refractivity contribution is 5.79. The van der Waals surface area contributed by atoms with Crippen LogP contribution >= 0.6 is 0 Å². The van der Waals surface area contributed by atoms with Crippen LogP contribution in [0.15, 0.2) is 52.9 Å². The highest BCUT2D eigenvalue weighted by atomic mass is 16.3. The van der Waals surface area contributed by atoms with Crippen LogP contribution in [0.2, 0.25) is 0 Å². The van der Waals surface area contributed by atoms with E-state index in [2.05, 4.69) is 27.2 Å². The number of nitrogens with one attached hydrogen (secondary N) is 2. The maximum absolute atomic E-state index is 12.6. The number of aromatic nitrogens is 3. The maximum Gasteiger partial charge on any atom is 0.229 e. The lowest BCUT2D eigenvalue weighted by molar-refractivity contribution is -0.121. The molecule has 1 aliphatic heterocycles. The Hall–Kier alpha value is -3.19. The van der Waals surface area contributed by atoms with E-state index >= 15 is 0 Å². The number of rotatable bonds is 4. The average Bonchev–Trinajstić information content (AvgIpc) is 3.32. The van der Waals surface area contributed by atoms with E-state index in [1.165, 1.54) is 0 Å². The molecule has 0 saturated carbocycles. The van der Waals surface area contributed by atoms with E-state index in [4.69, 9.17) is 9.40 Å². The molecule has 2 aromatic heterocycles. The molecule has 148 valence electrons. The number of para-hydroxylation sites is 4. The van der Waals surface area contributed by atoms with E-state index in [9.17, 15) is 4.79 Å². The molecule has 2 N–H and O–H groups in total. The molecule has 0 bridgehead atoms. The van der Waals surface area contributed by atoms with Crippen molar-refractivity contribution >= 4 is 28.0 Å². The van der Waals surface area contributed by atoms with E-state index < -0.39 is 0 Å². The van der Waals surface area contributed by atoms with Gasteiger partial charge in [-0.3, -0.25) is 9.69 Å². The van der Waals surface area contributed by atoms with Crippen molar-refractivity contribution in [3.8, 4) is 0 Å². The lowest BCUT2D eigenvalue weighted by Gasteiger charge is -2.36. The lowest BCUT2D eigenvalue weighted by Crippen LogP contribution is -2.45. The summed E-state index contributed by atoms with van der Waals surface area (Å²) in [6.07, 6.45) is 1.87. The molecule has 1 aliphatic rings. The molecule has 2 aromatic carbocycles. The molecule has 1 fully saturated rings. The number of hydrogen-bond acceptors (Lipinski definition) is 5. The second-order valence-corrected chi connectivity index (χ2v) is 7.68. The molecule has 4 aromatic rings. The number of carbonyl (C=O) groups is 1. The number of fused-ring (bicyclic) bond motifs is 2. The van der Waals surface area contributed by atoms with E-state index in [1.807, 2.05) is 48.5 Å².